The summed E-state index contributed by atoms with van der Waals surface area (Å²) in [5.74, 6) is 4.70. The molecule has 0 saturated carbocycles. The summed E-state index contributed by atoms with van der Waals surface area (Å²) in [5.41, 5.74) is 0. The summed E-state index contributed by atoms with van der Waals surface area (Å²) < 4.78 is 24.0. The van der Waals surface area contributed by atoms with Gasteiger partial charge in [-0.2, -0.15) is 13.6 Å². The third-order valence-electron chi connectivity index (χ3n) is 0.624. The average molecular weight is 181 g/mol. The molecule has 0 unspecified atom stereocenters. The van der Waals surface area contributed by atoms with Crippen molar-refractivity contribution in [3.63, 3.8) is 0 Å². The van der Waals surface area contributed by atoms with Crippen LogP contribution in [-0.2, 0) is 14.5 Å². The Morgan fingerprint density at radius 1 is 1.50 bits per heavy atom. The Morgan fingerprint density at radius 2 is 2.08 bits per heavy atom. The van der Waals surface area contributed by atoms with Gasteiger partial charge in [0.25, 0.3) is 0 Å². The molecule has 0 aliphatic rings. The van der Waals surface area contributed by atoms with Crippen LogP contribution < -0.4 is 24.0 Å². The van der Waals surface area contributed by atoms with Crippen LogP contribution in [0.2, 0.25) is 0 Å². The Hall–Kier alpha value is -0.573. The molecule has 0 aromatic rings. The van der Waals surface area contributed by atoms with E-state index in [-0.39, 0.29) is 20.3 Å². The fourth-order valence-corrected chi connectivity index (χ4v) is 0.448. The van der Waals surface area contributed by atoms with Crippen LogP contribution in [-0.4, -0.2) is 8.42 Å². The van der Waals surface area contributed by atoms with Gasteiger partial charge in [-0.1, -0.05) is 5.92 Å². The number of hydrogen-bond acceptors (Lipinski definition) is 3. The van der Waals surface area contributed by atoms with Crippen LogP contribution in [0.5, 0.6) is 0 Å². The Bertz CT molecular complexity index is 311. The first-order valence-corrected chi connectivity index (χ1v) is 4.16. The maximum absolute atomic E-state index is 10.1. The number of nitrogens with two attached hydrogens (primary N) is 1. The van der Waals surface area contributed by atoms with Crippen LogP contribution in [0.1, 0.15) is 14.3 Å². The maximum Gasteiger partial charge on any atom is 1.00 e. The number of unbranched alkanes of at least 4 members (excludes halogenated alkanes) is 1. The summed E-state index contributed by atoms with van der Waals surface area (Å²) >= 11 is 0. The molecule has 12 heavy (non-hydrogen) atoms. The summed E-state index contributed by atoms with van der Waals surface area (Å²) in [6.45, 7) is 0. The molecule has 4 nitrogen and oxygen atoms in total. The van der Waals surface area contributed by atoms with E-state index in [1.54, 1.807) is 0 Å². The quantitative estimate of drug-likeness (QED) is 0.275. The second-order valence-corrected chi connectivity index (χ2v) is 2.71. The van der Waals surface area contributed by atoms with Gasteiger partial charge in [-0.3, -0.25) is 0 Å². The predicted octanol–water partition coefficient (Wildman–Crippen LogP) is -3.30. The van der Waals surface area contributed by atoms with Crippen molar-refractivity contribution in [2.24, 2.45) is 5.14 Å². The van der Waals surface area contributed by atoms with E-state index in [0.29, 0.717) is 12.8 Å². The monoisotopic (exact) mass is 181 g/mol. The number of terminal acetylenes is 1. The van der Waals surface area contributed by atoms with E-state index >= 15 is 0 Å². The summed E-state index contributed by atoms with van der Waals surface area (Å²) in [5, 5.41) is 4.46. The Balaban J connectivity index is -0.000000500. The van der Waals surface area contributed by atoms with Crippen LogP contribution in [0.25, 0.3) is 0 Å². The van der Waals surface area contributed by atoms with Crippen molar-refractivity contribution < 1.29 is 32.9 Å². The maximum atomic E-state index is 10.1. The number of hydrogen-bond donors (Lipinski definition) is 1. The van der Waals surface area contributed by atoms with Crippen molar-refractivity contribution in [1.29, 1.82) is 0 Å². The molecular weight excluding hydrogens is 173 g/mol. The van der Waals surface area contributed by atoms with Crippen molar-refractivity contribution in [3.05, 3.63) is 0 Å². The molecule has 0 aliphatic carbocycles. The predicted molar refractivity (Wildman–Crippen MR) is 41.1 cm³/mol. The van der Waals surface area contributed by atoms with Gasteiger partial charge in [-0.25, -0.2) is 0 Å². The summed E-state index contributed by atoms with van der Waals surface area (Å²) in [6.07, 6.45) is 7.65. The SMILES string of the molecule is C#CCCC#COS(N)(=O)=O.[H-].[Li+]. The molecule has 0 aliphatic heterocycles. The zero-order chi connectivity index (χ0) is 8.74. The van der Waals surface area contributed by atoms with Crippen molar-refractivity contribution in [2.45, 2.75) is 12.8 Å². The molecule has 0 aromatic heterocycles. The topological polar surface area (TPSA) is 69.4 Å². The third kappa shape index (κ3) is 12.1. The van der Waals surface area contributed by atoms with Crippen LogP contribution in [0.15, 0.2) is 0 Å². The third-order valence-corrected chi connectivity index (χ3v) is 0.940. The van der Waals surface area contributed by atoms with Gasteiger partial charge in [-0.05, 0) is 0 Å². The molecular formula is C6H8LiNO3S. The second-order valence-electron chi connectivity index (χ2n) is 1.56. The van der Waals surface area contributed by atoms with E-state index in [9.17, 15) is 8.42 Å². The standard InChI is InChI=1S/C6H7NO3S.Li.H/c1-2-3-4-5-6-10-11(7,8)9;;/h1H,3-4H2,(H2,7,8,9);;/q;+1;-1. The van der Waals surface area contributed by atoms with Crippen LogP contribution >= 0.6 is 0 Å². The summed E-state index contributed by atoms with van der Waals surface area (Å²) in [6, 6.07) is 0. The Kier molecular flexibility index (Phi) is 8.27. The van der Waals surface area contributed by atoms with Gasteiger partial charge in [0.05, 0.1) is 0 Å². The van der Waals surface area contributed by atoms with Gasteiger partial charge in [0.2, 0.25) is 0 Å². The molecule has 0 spiro atoms. The zero-order valence-electron chi connectivity index (χ0n) is 7.70. The summed E-state index contributed by atoms with van der Waals surface area (Å²) in [7, 11) is -3.94. The fraction of sp³-hybridized carbons (Fsp3) is 0.333. The van der Waals surface area contributed by atoms with Crippen molar-refractivity contribution >= 4 is 10.3 Å². The van der Waals surface area contributed by atoms with E-state index in [1.165, 1.54) is 0 Å². The first kappa shape index (κ1) is 14.0. The minimum atomic E-state index is -3.94. The first-order chi connectivity index (χ1) is 5.06. The molecule has 0 rings (SSSR count). The Morgan fingerprint density at radius 3 is 2.50 bits per heavy atom. The summed E-state index contributed by atoms with van der Waals surface area (Å²) in [4.78, 5) is 0. The minimum absolute atomic E-state index is 0. The van der Waals surface area contributed by atoms with E-state index in [2.05, 4.69) is 21.2 Å². The van der Waals surface area contributed by atoms with E-state index in [0.717, 1.165) is 0 Å². The zero-order valence-corrected chi connectivity index (χ0v) is 7.52. The van der Waals surface area contributed by atoms with E-state index in [4.69, 9.17) is 6.42 Å². The molecule has 0 aromatic carbocycles. The fourth-order valence-electron chi connectivity index (χ4n) is 0.273. The molecule has 0 radical (unpaired) electrons. The molecule has 0 heterocycles. The van der Waals surface area contributed by atoms with Crippen molar-refractivity contribution in [2.75, 3.05) is 0 Å². The van der Waals surface area contributed by atoms with E-state index < -0.39 is 10.3 Å². The molecule has 0 saturated heterocycles. The van der Waals surface area contributed by atoms with Gasteiger partial charge >= 0.3 is 29.2 Å². The van der Waals surface area contributed by atoms with Crippen LogP contribution in [0, 0.1) is 24.4 Å². The molecule has 0 atom stereocenters. The van der Waals surface area contributed by atoms with Crippen molar-refractivity contribution in [3.8, 4) is 24.4 Å². The molecule has 62 valence electrons. The van der Waals surface area contributed by atoms with Gasteiger partial charge in [0.1, 0.15) is 6.11 Å². The average Bonchev–Trinajstić information content (AvgIpc) is 1.85. The van der Waals surface area contributed by atoms with Gasteiger partial charge in [0.15, 0.2) is 0 Å². The van der Waals surface area contributed by atoms with Gasteiger partial charge in [0, 0.05) is 12.8 Å². The number of rotatable bonds is 2. The smallest absolute Gasteiger partial charge is 1.00 e. The first-order valence-electron chi connectivity index (χ1n) is 2.69. The molecule has 6 heteroatoms. The van der Waals surface area contributed by atoms with Gasteiger partial charge < -0.3 is 5.61 Å². The molecule has 2 N–H and O–H groups in total. The minimum Gasteiger partial charge on any atom is -1.00 e. The second kappa shape index (κ2) is 7.10. The van der Waals surface area contributed by atoms with Crippen LogP contribution in [0.4, 0.5) is 0 Å². The van der Waals surface area contributed by atoms with E-state index in [1.807, 2.05) is 6.11 Å². The Labute approximate surface area is 85.8 Å². The van der Waals surface area contributed by atoms with Crippen LogP contribution in [0.3, 0.4) is 0 Å². The normalized spacial score (nSPS) is 8.33. The largest absolute Gasteiger partial charge is 1.00 e. The van der Waals surface area contributed by atoms with Crippen molar-refractivity contribution in [1.82, 2.24) is 0 Å². The molecule has 0 bridgehead atoms. The van der Waals surface area contributed by atoms with Gasteiger partial charge in [-0.15, -0.1) is 12.3 Å². The molecule has 0 fully saturated rings. The molecule has 0 amide bonds.